The topological polar surface area (TPSA) is 57.0 Å². The molecule has 2 N–H and O–H groups in total. The summed E-state index contributed by atoms with van der Waals surface area (Å²) in [5.74, 6) is 2.30. The minimum Gasteiger partial charge on any atom is -0.493 e. The Hall–Kier alpha value is -1.46. The summed E-state index contributed by atoms with van der Waals surface area (Å²) >= 11 is 0. The fourth-order valence-corrected chi connectivity index (χ4v) is 1.86. The van der Waals surface area contributed by atoms with Crippen molar-refractivity contribution in [1.29, 1.82) is 0 Å². The van der Waals surface area contributed by atoms with Crippen LogP contribution in [0.25, 0.3) is 0 Å². The van der Waals surface area contributed by atoms with Crippen molar-refractivity contribution in [3.63, 3.8) is 0 Å². The highest BCUT2D eigenvalue weighted by Crippen LogP contribution is 2.35. The first-order valence-electron chi connectivity index (χ1n) is 6.08. The van der Waals surface area contributed by atoms with E-state index < -0.39 is 0 Å². The second kappa shape index (κ2) is 5.93. The highest BCUT2D eigenvalue weighted by Gasteiger charge is 2.13. The van der Waals surface area contributed by atoms with Gasteiger partial charge < -0.3 is 24.8 Å². The van der Waals surface area contributed by atoms with Crippen molar-refractivity contribution in [3.8, 4) is 17.2 Å². The third-order valence-electron chi connectivity index (χ3n) is 2.70. The lowest BCUT2D eigenvalue weighted by Crippen LogP contribution is -2.34. The van der Waals surface area contributed by atoms with Gasteiger partial charge in [-0.25, -0.2) is 0 Å². The lowest BCUT2D eigenvalue weighted by Gasteiger charge is -2.17. The van der Waals surface area contributed by atoms with Gasteiger partial charge in [-0.3, -0.25) is 0 Å². The Balaban J connectivity index is 1.77. The number of hydrogen-bond donors (Lipinski definition) is 1. The van der Waals surface area contributed by atoms with Gasteiger partial charge >= 0.3 is 0 Å². The average Bonchev–Trinajstić information content (AvgIpc) is 2.75. The van der Waals surface area contributed by atoms with Crippen molar-refractivity contribution in [2.75, 3.05) is 34.0 Å². The highest BCUT2D eigenvalue weighted by molar-refractivity contribution is 5.46. The molecule has 0 spiro atoms. The van der Waals surface area contributed by atoms with Crippen molar-refractivity contribution < 1.29 is 14.2 Å². The average molecular weight is 252 g/mol. The SMILES string of the molecule is CN(C)CC(N)CCOc1ccc2c(c1)OCO2. The minimum atomic E-state index is 0.133. The number of likely N-dealkylation sites (N-methyl/N-ethyl adjacent to an activating group) is 1. The van der Waals surface area contributed by atoms with Gasteiger partial charge in [0.05, 0.1) is 6.61 Å². The van der Waals surface area contributed by atoms with Crippen LogP contribution in [0.1, 0.15) is 6.42 Å². The second-order valence-corrected chi connectivity index (χ2v) is 4.67. The van der Waals surface area contributed by atoms with Gasteiger partial charge in [0.1, 0.15) is 5.75 Å². The van der Waals surface area contributed by atoms with E-state index in [1.165, 1.54) is 0 Å². The van der Waals surface area contributed by atoms with E-state index in [0.717, 1.165) is 30.2 Å². The number of benzene rings is 1. The third-order valence-corrected chi connectivity index (χ3v) is 2.70. The number of ether oxygens (including phenoxy) is 3. The van der Waals surface area contributed by atoms with Crippen molar-refractivity contribution in [2.24, 2.45) is 5.73 Å². The molecule has 100 valence electrons. The predicted octanol–water partition coefficient (Wildman–Crippen LogP) is 1.07. The largest absolute Gasteiger partial charge is 0.493 e. The molecule has 1 unspecified atom stereocenters. The fourth-order valence-electron chi connectivity index (χ4n) is 1.86. The zero-order chi connectivity index (χ0) is 13.0. The molecule has 1 aromatic carbocycles. The number of rotatable bonds is 6. The van der Waals surface area contributed by atoms with Gasteiger partial charge in [0.15, 0.2) is 11.5 Å². The van der Waals surface area contributed by atoms with Gasteiger partial charge in [0.2, 0.25) is 6.79 Å². The first kappa shape index (κ1) is 13.0. The first-order valence-corrected chi connectivity index (χ1v) is 6.08. The monoisotopic (exact) mass is 252 g/mol. The van der Waals surface area contributed by atoms with Crippen LogP contribution >= 0.6 is 0 Å². The van der Waals surface area contributed by atoms with Crippen LogP contribution in [0.15, 0.2) is 18.2 Å². The van der Waals surface area contributed by atoms with Crippen molar-refractivity contribution >= 4 is 0 Å². The molecule has 0 saturated heterocycles. The molecule has 2 rings (SSSR count). The van der Waals surface area contributed by atoms with Crippen LogP contribution in [0.2, 0.25) is 0 Å². The van der Waals surface area contributed by atoms with E-state index in [1.54, 1.807) is 0 Å². The molecule has 0 radical (unpaired) electrons. The molecule has 0 fully saturated rings. The van der Waals surface area contributed by atoms with Crippen LogP contribution in [0.5, 0.6) is 17.2 Å². The molecule has 1 atom stereocenters. The summed E-state index contributed by atoms with van der Waals surface area (Å²) in [4.78, 5) is 2.07. The second-order valence-electron chi connectivity index (χ2n) is 4.67. The maximum Gasteiger partial charge on any atom is 0.231 e. The van der Waals surface area contributed by atoms with Gasteiger partial charge in [0.25, 0.3) is 0 Å². The molecule has 18 heavy (non-hydrogen) atoms. The molecule has 0 aromatic heterocycles. The Morgan fingerprint density at radius 2 is 2.11 bits per heavy atom. The quantitative estimate of drug-likeness (QED) is 0.821. The van der Waals surface area contributed by atoms with E-state index in [2.05, 4.69) is 4.90 Å². The van der Waals surface area contributed by atoms with E-state index in [-0.39, 0.29) is 12.8 Å². The Labute approximate surface area is 107 Å². The van der Waals surface area contributed by atoms with E-state index >= 15 is 0 Å². The molecule has 1 aromatic rings. The summed E-state index contributed by atoms with van der Waals surface area (Å²) < 4.78 is 16.2. The summed E-state index contributed by atoms with van der Waals surface area (Å²) in [6, 6.07) is 5.72. The molecular formula is C13H20N2O3. The van der Waals surface area contributed by atoms with Crippen LogP contribution < -0.4 is 19.9 Å². The molecule has 1 heterocycles. The Morgan fingerprint density at radius 1 is 1.33 bits per heavy atom. The van der Waals surface area contributed by atoms with Gasteiger partial charge in [-0.2, -0.15) is 0 Å². The Bertz CT molecular complexity index is 396. The van der Waals surface area contributed by atoms with E-state index in [9.17, 15) is 0 Å². The van der Waals surface area contributed by atoms with Crippen LogP contribution in [-0.2, 0) is 0 Å². The molecule has 0 aliphatic carbocycles. The molecule has 1 aliphatic rings. The van der Waals surface area contributed by atoms with Gasteiger partial charge in [0, 0.05) is 18.7 Å². The summed E-state index contributed by atoms with van der Waals surface area (Å²) in [5.41, 5.74) is 5.96. The summed E-state index contributed by atoms with van der Waals surface area (Å²) in [7, 11) is 4.02. The summed E-state index contributed by atoms with van der Waals surface area (Å²) in [6.45, 7) is 1.76. The maximum absolute atomic E-state index is 5.96. The van der Waals surface area contributed by atoms with Crippen molar-refractivity contribution in [2.45, 2.75) is 12.5 Å². The molecule has 0 bridgehead atoms. The zero-order valence-electron chi connectivity index (χ0n) is 10.9. The van der Waals surface area contributed by atoms with Gasteiger partial charge in [-0.05, 0) is 32.6 Å². The van der Waals surface area contributed by atoms with E-state index in [1.807, 2.05) is 32.3 Å². The normalized spacial score (nSPS) is 14.9. The van der Waals surface area contributed by atoms with Crippen LogP contribution in [0, 0.1) is 0 Å². The molecule has 5 heteroatoms. The van der Waals surface area contributed by atoms with Crippen LogP contribution in [0.3, 0.4) is 0 Å². The first-order chi connectivity index (χ1) is 8.65. The third kappa shape index (κ3) is 3.51. The van der Waals surface area contributed by atoms with Crippen LogP contribution in [-0.4, -0.2) is 45.0 Å². The highest BCUT2D eigenvalue weighted by atomic mass is 16.7. The van der Waals surface area contributed by atoms with E-state index in [0.29, 0.717) is 6.61 Å². The predicted molar refractivity (Wildman–Crippen MR) is 69.2 cm³/mol. The van der Waals surface area contributed by atoms with Crippen molar-refractivity contribution in [1.82, 2.24) is 4.90 Å². The zero-order valence-corrected chi connectivity index (χ0v) is 10.9. The smallest absolute Gasteiger partial charge is 0.231 e. The van der Waals surface area contributed by atoms with Crippen molar-refractivity contribution in [3.05, 3.63) is 18.2 Å². The molecular weight excluding hydrogens is 232 g/mol. The lowest BCUT2D eigenvalue weighted by atomic mass is 10.2. The van der Waals surface area contributed by atoms with Gasteiger partial charge in [-0.1, -0.05) is 0 Å². The number of fused-ring (bicyclic) bond motifs is 1. The van der Waals surface area contributed by atoms with Gasteiger partial charge in [-0.15, -0.1) is 0 Å². The minimum absolute atomic E-state index is 0.133. The number of nitrogens with zero attached hydrogens (tertiary/aromatic N) is 1. The summed E-state index contributed by atoms with van der Waals surface area (Å²) in [6.07, 6.45) is 0.826. The Kier molecular flexibility index (Phi) is 4.28. The molecule has 5 nitrogen and oxygen atoms in total. The standard InChI is InChI=1S/C13H20N2O3/c1-15(2)8-10(14)5-6-16-11-3-4-12-13(7-11)18-9-17-12/h3-4,7,10H,5-6,8-9,14H2,1-2H3. The fraction of sp³-hybridized carbons (Fsp3) is 0.538. The van der Waals surface area contributed by atoms with E-state index in [4.69, 9.17) is 19.9 Å². The molecule has 0 amide bonds. The lowest BCUT2D eigenvalue weighted by molar-refractivity contribution is 0.173. The molecule has 1 aliphatic heterocycles. The maximum atomic E-state index is 5.96. The number of hydrogen-bond acceptors (Lipinski definition) is 5. The van der Waals surface area contributed by atoms with Crippen LogP contribution in [0.4, 0.5) is 0 Å². The number of nitrogens with two attached hydrogens (primary N) is 1. The molecule has 0 saturated carbocycles. The Morgan fingerprint density at radius 3 is 2.89 bits per heavy atom. The summed E-state index contributed by atoms with van der Waals surface area (Å²) in [5, 5.41) is 0.